The molecule has 0 spiro atoms. The van der Waals surface area contributed by atoms with Crippen molar-refractivity contribution in [3.8, 4) is 0 Å². The zero-order valence-corrected chi connectivity index (χ0v) is 13.5. The first-order chi connectivity index (χ1) is 11.7. The third kappa shape index (κ3) is 3.81. The number of aromatic nitrogens is 2. The van der Waals surface area contributed by atoms with E-state index in [4.69, 9.17) is 0 Å². The molecular weight excluding hydrogens is 300 g/mol. The van der Waals surface area contributed by atoms with E-state index in [1.54, 1.807) is 17.1 Å². The van der Waals surface area contributed by atoms with Crippen molar-refractivity contribution in [3.05, 3.63) is 84.7 Å². The van der Waals surface area contributed by atoms with Gasteiger partial charge in [-0.15, -0.1) is 0 Å². The van der Waals surface area contributed by atoms with Crippen molar-refractivity contribution in [2.24, 2.45) is 0 Å². The molecule has 1 N–H and O–H groups in total. The minimum Gasteiger partial charge on any atom is -0.281 e. The maximum atomic E-state index is 12.6. The van der Waals surface area contributed by atoms with E-state index in [2.05, 4.69) is 10.5 Å². The maximum absolute atomic E-state index is 12.6. The second kappa shape index (κ2) is 7.46. The molecule has 0 aliphatic heterocycles. The minimum atomic E-state index is -0.387. The molecule has 2 aromatic carbocycles. The number of amides is 1. The van der Waals surface area contributed by atoms with Gasteiger partial charge in [0.2, 0.25) is 0 Å². The van der Waals surface area contributed by atoms with Crippen molar-refractivity contribution < 1.29 is 4.79 Å². The summed E-state index contributed by atoms with van der Waals surface area (Å²) >= 11 is 0. The number of benzene rings is 2. The van der Waals surface area contributed by atoms with Crippen LogP contribution >= 0.6 is 0 Å². The Morgan fingerprint density at radius 1 is 1.08 bits per heavy atom. The maximum Gasteiger partial charge on any atom is 0.263 e. The van der Waals surface area contributed by atoms with E-state index >= 15 is 0 Å². The van der Waals surface area contributed by atoms with Gasteiger partial charge < -0.3 is 0 Å². The Bertz CT molecular complexity index is 757. The molecule has 0 bridgehead atoms. The van der Waals surface area contributed by atoms with E-state index in [1.807, 2.05) is 78.7 Å². The number of anilines is 1. The summed E-state index contributed by atoms with van der Waals surface area (Å²) < 4.78 is 1.64. The molecule has 0 saturated carbocycles. The average molecular weight is 320 g/mol. The lowest BCUT2D eigenvalue weighted by Crippen LogP contribution is -2.44. The van der Waals surface area contributed by atoms with E-state index in [9.17, 15) is 4.79 Å². The van der Waals surface area contributed by atoms with E-state index in [0.29, 0.717) is 6.54 Å². The highest BCUT2D eigenvalue weighted by Crippen LogP contribution is 2.15. The molecule has 1 amide bonds. The Kier molecular flexibility index (Phi) is 4.91. The van der Waals surface area contributed by atoms with E-state index < -0.39 is 0 Å². The molecule has 5 heteroatoms. The van der Waals surface area contributed by atoms with Gasteiger partial charge in [-0.3, -0.25) is 19.9 Å². The summed E-state index contributed by atoms with van der Waals surface area (Å²) in [4.78, 5) is 12.6. The highest BCUT2D eigenvalue weighted by molar-refractivity contribution is 5.81. The van der Waals surface area contributed by atoms with Gasteiger partial charge >= 0.3 is 0 Å². The number of hydrogen-bond donors (Lipinski definition) is 1. The normalized spacial score (nSPS) is 11.7. The van der Waals surface area contributed by atoms with Crippen LogP contribution in [0.25, 0.3) is 0 Å². The first-order valence-electron chi connectivity index (χ1n) is 7.90. The number of carbonyl (C=O) groups is 1. The van der Waals surface area contributed by atoms with Crippen molar-refractivity contribution in [2.45, 2.75) is 19.5 Å². The third-order valence-corrected chi connectivity index (χ3v) is 3.80. The van der Waals surface area contributed by atoms with Crippen LogP contribution in [-0.2, 0) is 11.3 Å². The Morgan fingerprint density at radius 3 is 2.38 bits per heavy atom. The third-order valence-electron chi connectivity index (χ3n) is 3.80. The molecule has 1 atom stereocenters. The number of carbonyl (C=O) groups excluding carboxylic acids is 1. The zero-order valence-electron chi connectivity index (χ0n) is 13.5. The van der Waals surface area contributed by atoms with Crippen molar-refractivity contribution in [3.63, 3.8) is 0 Å². The number of rotatable bonds is 6. The Labute approximate surface area is 141 Å². The van der Waals surface area contributed by atoms with Crippen LogP contribution in [-0.4, -0.2) is 15.7 Å². The van der Waals surface area contributed by atoms with Crippen LogP contribution in [0.1, 0.15) is 18.5 Å². The molecule has 1 unspecified atom stereocenters. The predicted molar refractivity (Wildman–Crippen MR) is 94.1 cm³/mol. The molecule has 0 aliphatic rings. The van der Waals surface area contributed by atoms with Gasteiger partial charge in [0.25, 0.3) is 5.91 Å². The van der Waals surface area contributed by atoms with Gasteiger partial charge in [0.15, 0.2) is 0 Å². The Balaban J connectivity index is 1.78. The van der Waals surface area contributed by atoms with Crippen molar-refractivity contribution in [1.82, 2.24) is 15.2 Å². The highest BCUT2D eigenvalue weighted by Gasteiger charge is 2.18. The summed E-state index contributed by atoms with van der Waals surface area (Å²) in [6, 6.07) is 21.3. The van der Waals surface area contributed by atoms with Gasteiger partial charge in [-0.1, -0.05) is 48.5 Å². The fourth-order valence-electron chi connectivity index (χ4n) is 2.43. The van der Waals surface area contributed by atoms with Crippen LogP contribution in [0.3, 0.4) is 0 Å². The van der Waals surface area contributed by atoms with Crippen LogP contribution in [0, 0.1) is 0 Å². The van der Waals surface area contributed by atoms with Crippen LogP contribution in [0.4, 0.5) is 5.69 Å². The lowest BCUT2D eigenvalue weighted by atomic mass is 10.2. The van der Waals surface area contributed by atoms with Crippen LogP contribution in [0.15, 0.2) is 79.1 Å². The molecule has 0 saturated heterocycles. The van der Waals surface area contributed by atoms with Crippen molar-refractivity contribution in [2.75, 3.05) is 5.01 Å². The van der Waals surface area contributed by atoms with Crippen LogP contribution < -0.4 is 10.4 Å². The highest BCUT2D eigenvalue weighted by atomic mass is 16.2. The average Bonchev–Trinajstić information content (AvgIpc) is 3.16. The molecule has 0 aliphatic carbocycles. The Hall–Kier alpha value is -3.08. The summed E-state index contributed by atoms with van der Waals surface area (Å²) in [5.41, 5.74) is 5.06. The van der Waals surface area contributed by atoms with Gasteiger partial charge in [-0.25, -0.2) is 0 Å². The predicted octanol–water partition coefficient (Wildman–Crippen LogP) is 3.18. The second-order valence-corrected chi connectivity index (χ2v) is 5.55. The fraction of sp³-hybridized carbons (Fsp3) is 0.158. The number of nitrogens with zero attached hydrogens (tertiary/aromatic N) is 3. The summed E-state index contributed by atoms with van der Waals surface area (Å²) in [7, 11) is 0. The first-order valence-corrected chi connectivity index (χ1v) is 7.90. The van der Waals surface area contributed by atoms with Gasteiger partial charge in [-0.2, -0.15) is 5.10 Å². The molecule has 1 heterocycles. The molecular formula is C19H20N4O. The minimum absolute atomic E-state index is 0.113. The zero-order chi connectivity index (χ0) is 16.8. The SMILES string of the molecule is CC(C(=O)NN(Cc1ccccc1)c1ccccc1)n1cccn1. The first kappa shape index (κ1) is 15.8. The summed E-state index contributed by atoms with van der Waals surface area (Å²) in [6.45, 7) is 2.41. The molecule has 122 valence electrons. The number of nitrogens with one attached hydrogen (secondary N) is 1. The topological polar surface area (TPSA) is 50.2 Å². The lowest BCUT2D eigenvalue weighted by Gasteiger charge is -2.27. The molecule has 3 aromatic rings. The van der Waals surface area contributed by atoms with Crippen molar-refractivity contribution in [1.29, 1.82) is 0 Å². The monoisotopic (exact) mass is 320 g/mol. The molecule has 0 radical (unpaired) electrons. The van der Waals surface area contributed by atoms with Crippen LogP contribution in [0.2, 0.25) is 0 Å². The standard InChI is InChI=1S/C19H20N4O/c1-16(22-14-8-13-20-22)19(24)21-23(18-11-6-3-7-12-18)15-17-9-4-2-5-10-17/h2-14,16H,15H2,1H3,(H,21,24). The molecule has 5 nitrogen and oxygen atoms in total. The van der Waals surface area contributed by atoms with Crippen molar-refractivity contribution >= 4 is 11.6 Å². The molecule has 3 rings (SSSR count). The smallest absolute Gasteiger partial charge is 0.263 e. The van der Waals surface area contributed by atoms with E-state index in [1.165, 1.54) is 0 Å². The van der Waals surface area contributed by atoms with Gasteiger partial charge in [0, 0.05) is 12.4 Å². The quantitative estimate of drug-likeness (QED) is 0.710. The molecule has 1 aromatic heterocycles. The van der Waals surface area contributed by atoms with E-state index in [0.717, 1.165) is 11.3 Å². The fourth-order valence-corrected chi connectivity index (χ4v) is 2.43. The number of hydrogen-bond acceptors (Lipinski definition) is 3. The van der Waals surface area contributed by atoms with Gasteiger partial charge in [0.05, 0.1) is 12.2 Å². The number of para-hydroxylation sites is 1. The second-order valence-electron chi connectivity index (χ2n) is 5.55. The van der Waals surface area contributed by atoms with Gasteiger partial charge in [0.1, 0.15) is 6.04 Å². The summed E-state index contributed by atoms with van der Waals surface area (Å²) in [6.07, 6.45) is 3.46. The van der Waals surface area contributed by atoms with E-state index in [-0.39, 0.29) is 11.9 Å². The Morgan fingerprint density at radius 2 is 1.75 bits per heavy atom. The van der Waals surface area contributed by atoms with Gasteiger partial charge in [-0.05, 0) is 30.7 Å². The summed E-state index contributed by atoms with van der Waals surface area (Å²) in [5, 5.41) is 6.00. The van der Waals surface area contributed by atoms with Crippen LogP contribution in [0.5, 0.6) is 0 Å². The number of hydrazine groups is 1. The lowest BCUT2D eigenvalue weighted by molar-refractivity contribution is -0.124. The summed E-state index contributed by atoms with van der Waals surface area (Å²) in [5.74, 6) is -0.113. The molecule has 0 fully saturated rings. The molecule has 24 heavy (non-hydrogen) atoms. The largest absolute Gasteiger partial charge is 0.281 e.